The molecule has 4 rings (SSSR count). The van der Waals surface area contributed by atoms with Gasteiger partial charge in [0.1, 0.15) is 11.2 Å². The Kier molecular flexibility index (Phi) is 5.22. The Morgan fingerprint density at radius 3 is 2.37 bits per heavy atom. The highest BCUT2D eigenvalue weighted by molar-refractivity contribution is 5.76. The van der Waals surface area contributed by atoms with Crippen molar-refractivity contribution in [2.75, 3.05) is 0 Å². The molecule has 0 bridgehead atoms. The van der Waals surface area contributed by atoms with Crippen molar-refractivity contribution in [1.29, 1.82) is 0 Å². The standard InChI is InChI=1S/C26H44O4/c1-7-25(30-21(28)22(2,3)4)16-20(27)26(29)19-12-11-17-10-8-9-14-23(17,5)18(19)13-15-24(25,26)6/h17-20,27,29H,7-16H2,1-6H3/t17-,18+,19-,20?,23+,24-,25+,26?/m1/s1. The van der Waals surface area contributed by atoms with E-state index in [0.717, 1.165) is 31.6 Å². The molecule has 8 atom stereocenters. The van der Waals surface area contributed by atoms with Gasteiger partial charge in [0, 0.05) is 11.8 Å². The van der Waals surface area contributed by atoms with Crippen LogP contribution in [0, 0.1) is 34.0 Å². The fourth-order valence-corrected chi connectivity index (χ4v) is 8.54. The van der Waals surface area contributed by atoms with Gasteiger partial charge in [-0.15, -0.1) is 0 Å². The average Bonchev–Trinajstić information content (AvgIpc) is 2.85. The maximum absolute atomic E-state index is 12.9. The minimum atomic E-state index is -1.19. The van der Waals surface area contributed by atoms with Crippen LogP contribution in [0.15, 0.2) is 0 Å². The molecule has 0 aromatic rings. The van der Waals surface area contributed by atoms with Gasteiger partial charge in [-0.1, -0.05) is 33.6 Å². The number of esters is 1. The van der Waals surface area contributed by atoms with E-state index in [1.54, 1.807) is 0 Å². The molecule has 4 fully saturated rings. The van der Waals surface area contributed by atoms with Gasteiger partial charge in [0.2, 0.25) is 0 Å². The lowest BCUT2D eigenvalue weighted by atomic mass is 9.43. The predicted molar refractivity (Wildman–Crippen MR) is 118 cm³/mol. The highest BCUT2D eigenvalue weighted by Gasteiger charge is 2.76. The largest absolute Gasteiger partial charge is 0.458 e. The molecule has 4 nitrogen and oxygen atoms in total. The summed E-state index contributed by atoms with van der Waals surface area (Å²) in [5.74, 6) is 1.07. The summed E-state index contributed by atoms with van der Waals surface area (Å²) in [6.45, 7) is 12.2. The first-order valence-corrected chi connectivity index (χ1v) is 12.5. The Labute approximate surface area is 183 Å². The van der Waals surface area contributed by atoms with Gasteiger partial charge in [-0.3, -0.25) is 4.79 Å². The van der Waals surface area contributed by atoms with Crippen LogP contribution in [0.5, 0.6) is 0 Å². The Balaban J connectivity index is 1.73. The molecule has 30 heavy (non-hydrogen) atoms. The number of rotatable bonds is 2. The van der Waals surface area contributed by atoms with Crippen LogP contribution >= 0.6 is 0 Å². The molecule has 4 saturated carbocycles. The second-order valence-electron chi connectivity index (χ2n) is 12.6. The molecule has 0 aromatic heterocycles. The second-order valence-corrected chi connectivity index (χ2v) is 12.6. The average molecular weight is 421 g/mol. The summed E-state index contributed by atoms with van der Waals surface area (Å²) in [6, 6.07) is 0. The third-order valence-corrected chi connectivity index (χ3v) is 10.5. The number of aliphatic hydroxyl groups excluding tert-OH is 1. The van der Waals surface area contributed by atoms with E-state index >= 15 is 0 Å². The first-order chi connectivity index (χ1) is 13.9. The zero-order valence-electron chi connectivity index (χ0n) is 20.1. The molecule has 0 spiro atoms. The van der Waals surface area contributed by atoms with E-state index in [1.807, 2.05) is 27.7 Å². The van der Waals surface area contributed by atoms with Crippen LogP contribution < -0.4 is 0 Å². The second kappa shape index (κ2) is 6.94. The number of ether oxygens (including phenoxy) is 1. The molecule has 0 aromatic carbocycles. The summed E-state index contributed by atoms with van der Waals surface area (Å²) in [6.07, 6.45) is 9.36. The Hall–Kier alpha value is -0.610. The van der Waals surface area contributed by atoms with Crippen LogP contribution in [-0.2, 0) is 9.53 Å². The number of hydrogen-bond acceptors (Lipinski definition) is 4. The lowest BCUT2D eigenvalue weighted by molar-refractivity contribution is -0.257. The van der Waals surface area contributed by atoms with Crippen molar-refractivity contribution >= 4 is 5.97 Å². The van der Waals surface area contributed by atoms with E-state index in [9.17, 15) is 15.0 Å². The van der Waals surface area contributed by atoms with Gasteiger partial charge in [-0.2, -0.15) is 0 Å². The molecule has 2 unspecified atom stereocenters. The fraction of sp³-hybridized carbons (Fsp3) is 0.962. The molecule has 0 saturated heterocycles. The zero-order chi connectivity index (χ0) is 22.2. The molecular formula is C26H44O4. The summed E-state index contributed by atoms with van der Waals surface area (Å²) in [5.41, 5.74) is -2.93. The van der Waals surface area contributed by atoms with E-state index in [-0.39, 0.29) is 17.3 Å². The van der Waals surface area contributed by atoms with E-state index in [0.29, 0.717) is 18.8 Å². The molecule has 4 aliphatic rings. The first-order valence-electron chi connectivity index (χ1n) is 12.5. The number of aliphatic hydroxyl groups is 2. The monoisotopic (exact) mass is 420 g/mol. The molecule has 4 heteroatoms. The van der Waals surface area contributed by atoms with Gasteiger partial charge in [0.15, 0.2) is 0 Å². The highest BCUT2D eigenvalue weighted by Crippen LogP contribution is 2.71. The van der Waals surface area contributed by atoms with E-state index in [2.05, 4.69) is 13.8 Å². The highest BCUT2D eigenvalue weighted by atomic mass is 16.6. The Morgan fingerprint density at radius 2 is 1.73 bits per heavy atom. The van der Waals surface area contributed by atoms with Crippen LogP contribution in [0.1, 0.15) is 106 Å². The minimum absolute atomic E-state index is 0.0902. The zero-order valence-corrected chi connectivity index (χ0v) is 20.1. The van der Waals surface area contributed by atoms with Gasteiger partial charge in [0.25, 0.3) is 0 Å². The lowest BCUT2D eigenvalue weighted by Gasteiger charge is -2.64. The van der Waals surface area contributed by atoms with Gasteiger partial charge < -0.3 is 14.9 Å². The number of fused-ring (bicyclic) bond motifs is 5. The summed E-state index contributed by atoms with van der Waals surface area (Å²) in [7, 11) is 0. The van der Waals surface area contributed by atoms with E-state index < -0.39 is 28.1 Å². The van der Waals surface area contributed by atoms with Crippen molar-refractivity contribution in [2.45, 2.75) is 123 Å². The van der Waals surface area contributed by atoms with Crippen LogP contribution in [0.4, 0.5) is 0 Å². The summed E-state index contributed by atoms with van der Waals surface area (Å²) >= 11 is 0. The number of carbonyl (C=O) groups excluding carboxylic acids is 1. The van der Waals surface area contributed by atoms with Crippen molar-refractivity contribution in [3.63, 3.8) is 0 Å². The normalized spacial score (nSPS) is 50.9. The van der Waals surface area contributed by atoms with Crippen LogP contribution in [-0.4, -0.2) is 33.5 Å². The Bertz CT molecular complexity index is 698. The number of hydrogen-bond donors (Lipinski definition) is 2. The minimum Gasteiger partial charge on any atom is -0.458 e. The molecule has 0 aliphatic heterocycles. The van der Waals surface area contributed by atoms with Gasteiger partial charge in [0.05, 0.1) is 11.5 Å². The molecule has 2 N–H and O–H groups in total. The fourth-order valence-electron chi connectivity index (χ4n) is 8.54. The molecule has 0 radical (unpaired) electrons. The third-order valence-electron chi connectivity index (χ3n) is 10.5. The molecule has 4 aliphatic carbocycles. The van der Waals surface area contributed by atoms with Crippen molar-refractivity contribution in [3.8, 4) is 0 Å². The van der Waals surface area contributed by atoms with Crippen molar-refractivity contribution in [1.82, 2.24) is 0 Å². The quantitative estimate of drug-likeness (QED) is 0.599. The van der Waals surface area contributed by atoms with Crippen LogP contribution in [0.2, 0.25) is 0 Å². The van der Waals surface area contributed by atoms with Crippen molar-refractivity contribution in [2.24, 2.45) is 34.0 Å². The third kappa shape index (κ3) is 2.74. The predicted octanol–water partition coefficient (Wildman–Crippen LogP) is 5.24. The summed E-state index contributed by atoms with van der Waals surface area (Å²) in [4.78, 5) is 12.9. The molecule has 0 heterocycles. The SMILES string of the molecule is CC[C@]1(OC(=O)C(C)(C)C)CC(O)C2(O)[C@@H]3CC[C@H]4CCCC[C@]4(C)[C@H]3CC[C@@]21C. The summed E-state index contributed by atoms with van der Waals surface area (Å²) < 4.78 is 6.27. The van der Waals surface area contributed by atoms with Crippen LogP contribution in [0.25, 0.3) is 0 Å². The lowest BCUT2D eigenvalue weighted by Crippen LogP contribution is -2.67. The smallest absolute Gasteiger partial charge is 0.311 e. The van der Waals surface area contributed by atoms with Crippen molar-refractivity contribution < 1.29 is 19.7 Å². The topological polar surface area (TPSA) is 66.8 Å². The maximum Gasteiger partial charge on any atom is 0.311 e. The molecule has 0 amide bonds. The summed E-state index contributed by atoms with van der Waals surface area (Å²) in [5, 5.41) is 23.8. The van der Waals surface area contributed by atoms with Gasteiger partial charge >= 0.3 is 5.97 Å². The molecule has 172 valence electrons. The van der Waals surface area contributed by atoms with E-state index in [4.69, 9.17) is 4.74 Å². The number of carbonyl (C=O) groups is 1. The molecular weight excluding hydrogens is 376 g/mol. The Morgan fingerprint density at radius 1 is 1.03 bits per heavy atom. The van der Waals surface area contributed by atoms with Gasteiger partial charge in [-0.05, 0) is 88.9 Å². The van der Waals surface area contributed by atoms with Crippen LogP contribution in [0.3, 0.4) is 0 Å². The van der Waals surface area contributed by atoms with Gasteiger partial charge in [-0.25, -0.2) is 0 Å². The van der Waals surface area contributed by atoms with Crippen molar-refractivity contribution in [3.05, 3.63) is 0 Å². The maximum atomic E-state index is 12.9. The first kappa shape index (κ1) is 22.6. The van der Waals surface area contributed by atoms with E-state index in [1.165, 1.54) is 25.7 Å².